The molecule has 7 nitrogen and oxygen atoms in total. The molecule has 0 saturated heterocycles. The molecule has 1 aliphatic rings. The molecule has 0 aliphatic carbocycles. The van der Waals surface area contributed by atoms with Crippen LogP contribution in [0.3, 0.4) is 0 Å². The van der Waals surface area contributed by atoms with Crippen LogP contribution in [0.15, 0.2) is 12.1 Å². The van der Waals surface area contributed by atoms with Gasteiger partial charge in [-0.15, -0.1) is 0 Å². The number of phenols is 1. The number of amides is 1. The number of Topliss-reactive ketones (excluding diaryl/α,β-unsaturated/α-hetero) is 2. The summed E-state index contributed by atoms with van der Waals surface area (Å²) in [5.74, 6) is -0.741. The number of fused-ring (bicyclic) bond motifs is 1. The maximum atomic E-state index is 13.3. The van der Waals surface area contributed by atoms with Gasteiger partial charge in [-0.05, 0) is 40.0 Å². The Balaban J connectivity index is 2.44. The fourth-order valence-corrected chi connectivity index (χ4v) is 4.01. The minimum Gasteiger partial charge on any atom is -0.507 e. The van der Waals surface area contributed by atoms with Gasteiger partial charge in [0.1, 0.15) is 29.0 Å². The number of benzene rings is 1. The van der Waals surface area contributed by atoms with Crippen LogP contribution in [0, 0.1) is 5.41 Å². The molecule has 0 fully saturated rings. The first-order valence-electron chi connectivity index (χ1n) is 10.5. The van der Waals surface area contributed by atoms with Crippen LogP contribution in [0.25, 0.3) is 0 Å². The van der Waals surface area contributed by atoms with Gasteiger partial charge in [0.05, 0.1) is 23.4 Å². The van der Waals surface area contributed by atoms with Crippen molar-refractivity contribution < 1.29 is 29.0 Å². The second kappa shape index (κ2) is 9.87. The number of nitrogens with zero attached hydrogens (tertiary/aromatic N) is 1. The molecule has 1 heterocycles. The highest BCUT2D eigenvalue weighted by atomic mass is 16.5. The maximum absolute atomic E-state index is 13.3. The van der Waals surface area contributed by atoms with Crippen molar-refractivity contribution in [1.29, 1.82) is 0 Å². The van der Waals surface area contributed by atoms with E-state index in [0.717, 1.165) is 25.7 Å². The number of ether oxygens (including phenoxy) is 1. The third-order valence-corrected chi connectivity index (χ3v) is 5.93. The van der Waals surface area contributed by atoms with E-state index in [1.165, 1.54) is 17.9 Å². The number of hydrogen-bond acceptors (Lipinski definition) is 6. The SMILES string of the molecule is CCCCCC(C)Oc1cc(O)c2c(c1)N(C=O)C(C)C(C=O)(CCC(C)=O)C2=O. The maximum Gasteiger partial charge on any atom is 0.214 e. The molecule has 1 amide bonds. The number of unbranched alkanes of at least 4 members (excludes halogenated alkanes) is 2. The summed E-state index contributed by atoms with van der Waals surface area (Å²) in [4.78, 5) is 50.0. The zero-order valence-electron chi connectivity index (χ0n) is 18.1. The molecule has 0 spiro atoms. The number of ketones is 2. The molecular weight excluding hydrogens is 386 g/mol. The second-order valence-electron chi connectivity index (χ2n) is 8.14. The lowest BCUT2D eigenvalue weighted by Crippen LogP contribution is -2.55. The Morgan fingerprint density at radius 1 is 1.33 bits per heavy atom. The average Bonchev–Trinajstić information content (AvgIpc) is 2.68. The van der Waals surface area contributed by atoms with E-state index in [0.29, 0.717) is 18.4 Å². The van der Waals surface area contributed by atoms with E-state index in [1.807, 2.05) is 6.92 Å². The highest BCUT2D eigenvalue weighted by molar-refractivity contribution is 6.18. The van der Waals surface area contributed by atoms with Gasteiger partial charge in [-0.2, -0.15) is 0 Å². The van der Waals surface area contributed by atoms with Crippen LogP contribution in [-0.2, 0) is 14.4 Å². The molecule has 1 aliphatic heterocycles. The molecule has 1 aromatic carbocycles. The summed E-state index contributed by atoms with van der Waals surface area (Å²) in [6, 6.07) is 2.09. The monoisotopic (exact) mass is 417 g/mol. The summed E-state index contributed by atoms with van der Waals surface area (Å²) in [7, 11) is 0. The van der Waals surface area contributed by atoms with Crippen LogP contribution in [0.4, 0.5) is 5.69 Å². The zero-order valence-corrected chi connectivity index (χ0v) is 18.1. The highest BCUT2D eigenvalue weighted by Crippen LogP contribution is 2.47. The van der Waals surface area contributed by atoms with Crippen LogP contribution in [-0.4, -0.2) is 41.5 Å². The Labute approximate surface area is 177 Å². The molecule has 30 heavy (non-hydrogen) atoms. The van der Waals surface area contributed by atoms with E-state index in [4.69, 9.17) is 4.74 Å². The van der Waals surface area contributed by atoms with E-state index in [9.17, 15) is 24.3 Å². The summed E-state index contributed by atoms with van der Waals surface area (Å²) >= 11 is 0. The summed E-state index contributed by atoms with van der Waals surface area (Å²) in [6.45, 7) is 7.03. The van der Waals surface area contributed by atoms with E-state index >= 15 is 0 Å². The smallest absolute Gasteiger partial charge is 0.214 e. The number of aromatic hydroxyl groups is 1. The Kier molecular flexibility index (Phi) is 7.76. The quantitative estimate of drug-likeness (QED) is 0.333. The molecule has 1 aromatic rings. The fraction of sp³-hybridized carbons (Fsp3) is 0.565. The Morgan fingerprint density at radius 3 is 2.60 bits per heavy atom. The van der Waals surface area contributed by atoms with Gasteiger partial charge in [0.25, 0.3) is 0 Å². The van der Waals surface area contributed by atoms with Crippen molar-refractivity contribution in [2.24, 2.45) is 5.41 Å². The number of rotatable bonds is 11. The molecule has 3 atom stereocenters. The Morgan fingerprint density at radius 2 is 2.03 bits per heavy atom. The van der Waals surface area contributed by atoms with Crippen molar-refractivity contribution in [3.05, 3.63) is 17.7 Å². The van der Waals surface area contributed by atoms with Crippen LogP contribution in [0.1, 0.15) is 76.6 Å². The predicted molar refractivity (Wildman–Crippen MR) is 113 cm³/mol. The zero-order chi connectivity index (χ0) is 22.5. The van der Waals surface area contributed by atoms with Crippen LogP contribution in [0.2, 0.25) is 0 Å². The first-order valence-corrected chi connectivity index (χ1v) is 10.5. The Hall–Kier alpha value is -2.70. The minimum atomic E-state index is -1.59. The molecule has 3 unspecified atom stereocenters. The lowest BCUT2D eigenvalue weighted by molar-refractivity contribution is -0.119. The van der Waals surface area contributed by atoms with Gasteiger partial charge < -0.3 is 24.3 Å². The Bertz CT molecular complexity index is 820. The summed E-state index contributed by atoms with van der Waals surface area (Å²) in [6.07, 6.45) is 5.00. The first kappa shape index (κ1) is 23.6. The van der Waals surface area contributed by atoms with Crippen LogP contribution < -0.4 is 9.64 Å². The second-order valence-corrected chi connectivity index (χ2v) is 8.14. The first-order chi connectivity index (χ1) is 14.2. The molecule has 2 rings (SSSR count). The van der Waals surface area contributed by atoms with Crippen LogP contribution in [0.5, 0.6) is 11.5 Å². The van der Waals surface area contributed by atoms with Gasteiger partial charge in [0, 0.05) is 18.6 Å². The van der Waals surface area contributed by atoms with Crippen molar-refractivity contribution >= 4 is 30.0 Å². The van der Waals surface area contributed by atoms with Gasteiger partial charge in [0.2, 0.25) is 6.41 Å². The number of carbonyl (C=O) groups is 4. The summed E-state index contributed by atoms with van der Waals surface area (Å²) in [5, 5.41) is 10.6. The van der Waals surface area contributed by atoms with Gasteiger partial charge >= 0.3 is 0 Å². The minimum absolute atomic E-state index is 0.0219. The van der Waals surface area contributed by atoms with E-state index in [-0.39, 0.29) is 41.7 Å². The highest BCUT2D eigenvalue weighted by Gasteiger charge is 2.52. The van der Waals surface area contributed by atoms with Crippen molar-refractivity contribution in [2.75, 3.05) is 4.90 Å². The van der Waals surface area contributed by atoms with Crippen molar-refractivity contribution in [3.63, 3.8) is 0 Å². The lowest BCUT2D eigenvalue weighted by Gasteiger charge is -2.43. The molecule has 1 N–H and O–H groups in total. The number of phenolic OH excluding ortho intramolecular Hbond substituents is 1. The number of aldehydes is 1. The number of anilines is 1. The normalized spacial score (nSPS) is 21.7. The molecule has 0 bridgehead atoms. The third kappa shape index (κ3) is 4.55. The fourth-order valence-electron chi connectivity index (χ4n) is 4.01. The molecular formula is C23H31NO6. The van der Waals surface area contributed by atoms with E-state index in [1.54, 1.807) is 13.0 Å². The standard InChI is InChI=1S/C23H31NO6/c1-5-6-7-8-16(3)30-18-11-19-21(20(28)12-18)22(29)23(13-25,10-9-15(2)27)17(4)24(19)14-26/h11-14,16-17,28H,5-10H2,1-4H3. The number of carbonyl (C=O) groups excluding carboxylic acids is 4. The third-order valence-electron chi connectivity index (χ3n) is 5.93. The van der Waals surface area contributed by atoms with Crippen molar-refractivity contribution in [1.82, 2.24) is 0 Å². The topological polar surface area (TPSA) is 101 Å². The van der Waals surface area contributed by atoms with E-state index < -0.39 is 17.2 Å². The molecule has 0 radical (unpaired) electrons. The van der Waals surface area contributed by atoms with Crippen molar-refractivity contribution in [2.45, 2.75) is 78.4 Å². The van der Waals surface area contributed by atoms with E-state index in [2.05, 4.69) is 6.92 Å². The largest absolute Gasteiger partial charge is 0.507 e. The van der Waals surface area contributed by atoms with Gasteiger partial charge in [-0.25, -0.2) is 0 Å². The van der Waals surface area contributed by atoms with Gasteiger partial charge in [-0.3, -0.25) is 9.59 Å². The average molecular weight is 418 g/mol. The van der Waals surface area contributed by atoms with Crippen LogP contribution >= 0.6 is 0 Å². The predicted octanol–water partition coefficient (Wildman–Crippen LogP) is 3.84. The molecule has 164 valence electrons. The molecule has 0 saturated carbocycles. The summed E-state index contributed by atoms with van der Waals surface area (Å²) in [5.41, 5.74) is -1.48. The van der Waals surface area contributed by atoms with Crippen molar-refractivity contribution in [3.8, 4) is 11.5 Å². The van der Waals surface area contributed by atoms with Gasteiger partial charge in [-0.1, -0.05) is 19.8 Å². The summed E-state index contributed by atoms with van der Waals surface area (Å²) < 4.78 is 5.90. The molecule has 0 aromatic heterocycles. The molecule has 7 heteroatoms. The number of hydrogen-bond donors (Lipinski definition) is 1. The van der Waals surface area contributed by atoms with Gasteiger partial charge in [0.15, 0.2) is 5.78 Å². The lowest BCUT2D eigenvalue weighted by atomic mass is 9.68.